The first-order chi connectivity index (χ1) is 14.4. The number of nitrogens with zero attached hydrogens (tertiary/aromatic N) is 1. The SMILES string of the molecule is CCOC(=O)Cc1csc(SCC(=O)Nc2cc(C(=O)OC)cc(C(=O)OC)c2)n1. The number of hydrogen-bond donors (Lipinski definition) is 1. The number of thiazole rings is 1. The zero-order chi connectivity index (χ0) is 22.1. The molecule has 0 bridgehead atoms. The Morgan fingerprint density at radius 3 is 2.27 bits per heavy atom. The Kier molecular flexibility index (Phi) is 8.81. The summed E-state index contributed by atoms with van der Waals surface area (Å²) in [6, 6.07) is 4.13. The normalized spacial score (nSPS) is 10.2. The molecular formula is C19H20N2O7S2. The average molecular weight is 453 g/mol. The summed E-state index contributed by atoms with van der Waals surface area (Å²) in [5.74, 6) is -1.98. The molecule has 11 heteroatoms. The zero-order valence-corrected chi connectivity index (χ0v) is 18.2. The number of anilines is 1. The summed E-state index contributed by atoms with van der Waals surface area (Å²) in [6.45, 7) is 2.04. The van der Waals surface area contributed by atoms with E-state index >= 15 is 0 Å². The highest BCUT2D eigenvalue weighted by Gasteiger charge is 2.16. The summed E-state index contributed by atoms with van der Waals surface area (Å²) in [6.07, 6.45) is 0.0771. The van der Waals surface area contributed by atoms with Gasteiger partial charge < -0.3 is 19.5 Å². The summed E-state index contributed by atoms with van der Waals surface area (Å²) >= 11 is 2.52. The minimum absolute atomic E-state index is 0.0440. The highest BCUT2D eigenvalue weighted by atomic mass is 32.2. The van der Waals surface area contributed by atoms with Crippen LogP contribution in [0.4, 0.5) is 5.69 Å². The largest absolute Gasteiger partial charge is 0.466 e. The van der Waals surface area contributed by atoms with Gasteiger partial charge in [0.1, 0.15) is 0 Å². The van der Waals surface area contributed by atoms with Crippen molar-refractivity contribution in [1.29, 1.82) is 0 Å². The molecule has 0 unspecified atom stereocenters. The summed E-state index contributed by atoms with van der Waals surface area (Å²) in [5.41, 5.74) is 1.04. The van der Waals surface area contributed by atoms with Crippen LogP contribution in [-0.2, 0) is 30.2 Å². The van der Waals surface area contributed by atoms with Crippen molar-refractivity contribution in [1.82, 2.24) is 4.98 Å². The molecule has 1 aromatic carbocycles. The van der Waals surface area contributed by atoms with Crippen LogP contribution in [0.15, 0.2) is 27.9 Å². The molecule has 0 spiro atoms. The Bertz CT molecular complexity index is 908. The molecule has 2 aromatic rings. The fraction of sp³-hybridized carbons (Fsp3) is 0.316. The first-order valence-electron chi connectivity index (χ1n) is 8.70. The highest BCUT2D eigenvalue weighted by Crippen LogP contribution is 2.24. The van der Waals surface area contributed by atoms with E-state index in [4.69, 9.17) is 4.74 Å². The second-order valence-electron chi connectivity index (χ2n) is 5.71. The van der Waals surface area contributed by atoms with Crippen LogP contribution in [0.1, 0.15) is 33.3 Å². The molecule has 9 nitrogen and oxygen atoms in total. The average Bonchev–Trinajstić information content (AvgIpc) is 3.18. The second-order valence-corrected chi connectivity index (χ2v) is 7.79. The minimum Gasteiger partial charge on any atom is -0.466 e. The third kappa shape index (κ3) is 6.85. The van der Waals surface area contributed by atoms with Gasteiger partial charge in [0.25, 0.3) is 0 Å². The molecule has 1 aromatic heterocycles. The fourth-order valence-electron chi connectivity index (χ4n) is 2.29. The van der Waals surface area contributed by atoms with Crippen LogP contribution in [0.2, 0.25) is 0 Å². The number of rotatable bonds is 9. The van der Waals surface area contributed by atoms with Gasteiger partial charge in [-0.05, 0) is 25.1 Å². The quantitative estimate of drug-likeness (QED) is 0.347. The maximum atomic E-state index is 12.3. The smallest absolute Gasteiger partial charge is 0.337 e. The van der Waals surface area contributed by atoms with Gasteiger partial charge in [0.2, 0.25) is 5.91 Å². The zero-order valence-electron chi connectivity index (χ0n) is 16.6. The molecule has 1 N–H and O–H groups in total. The van der Waals surface area contributed by atoms with E-state index in [1.54, 1.807) is 12.3 Å². The van der Waals surface area contributed by atoms with E-state index in [2.05, 4.69) is 19.8 Å². The lowest BCUT2D eigenvalue weighted by atomic mass is 10.1. The van der Waals surface area contributed by atoms with Gasteiger partial charge in [0, 0.05) is 11.1 Å². The maximum absolute atomic E-state index is 12.3. The molecular weight excluding hydrogens is 432 g/mol. The lowest BCUT2D eigenvalue weighted by molar-refractivity contribution is -0.142. The van der Waals surface area contributed by atoms with E-state index in [0.29, 0.717) is 16.6 Å². The van der Waals surface area contributed by atoms with Crippen LogP contribution in [-0.4, -0.2) is 55.4 Å². The molecule has 0 aliphatic carbocycles. The number of hydrogen-bond acceptors (Lipinski definition) is 10. The van der Waals surface area contributed by atoms with E-state index in [1.165, 1.54) is 55.5 Å². The Morgan fingerprint density at radius 2 is 1.70 bits per heavy atom. The van der Waals surface area contributed by atoms with Gasteiger partial charge in [-0.1, -0.05) is 11.8 Å². The Balaban J connectivity index is 2.00. The van der Waals surface area contributed by atoms with E-state index in [-0.39, 0.29) is 40.9 Å². The van der Waals surface area contributed by atoms with Crippen LogP contribution in [0.25, 0.3) is 0 Å². The van der Waals surface area contributed by atoms with E-state index in [1.807, 2.05) is 0 Å². The molecule has 0 aliphatic rings. The van der Waals surface area contributed by atoms with E-state index in [0.717, 1.165) is 0 Å². The van der Waals surface area contributed by atoms with Crippen molar-refractivity contribution in [2.24, 2.45) is 0 Å². The Labute approximate surface area is 181 Å². The summed E-state index contributed by atoms with van der Waals surface area (Å²) in [5, 5.41) is 4.37. The third-order valence-corrected chi connectivity index (χ3v) is 5.62. The Morgan fingerprint density at radius 1 is 1.07 bits per heavy atom. The minimum atomic E-state index is -0.650. The van der Waals surface area contributed by atoms with Crippen molar-refractivity contribution < 1.29 is 33.4 Å². The number of benzene rings is 1. The van der Waals surface area contributed by atoms with Gasteiger partial charge in [0.05, 0.1) is 49.8 Å². The molecule has 0 fully saturated rings. The third-order valence-electron chi connectivity index (χ3n) is 3.55. The first-order valence-corrected chi connectivity index (χ1v) is 10.6. The number of methoxy groups -OCH3 is 2. The number of aromatic nitrogens is 1. The topological polar surface area (TPSA) is 121 Å². The van der Waals surface area contributed by atoms with Gasteiger partial charge >= 0.3 is 17.9 Å². The predicted molar refractivity (Wildman–Crippen MR) is 111 cm³/mol. The molecule has 0 radical (unpaired) electrons. The molecule has 0 saturated heterocycles. The predicted octanol–water partition coefficient (Wildman–Crippen LogP) is 2.55. The van der Waals surface area contributed by atoms with Crippen LogP contribution >= 0.6 is 23.1 Å². The molecule has 1 heterocycles. The van der Waals surface area contributed by atoms with Crippen LogP contribution in [0.5, 0.6) is 0 Å². The van der Waals surface area contributed by atoms with Gasteiger partial charge in [0.15, 0.2) is 4.34 Å². The Hall–Kier alpha value is -2.92. The molecule has 30 heavy (non-hydrogen) atoms. The number of ether oxygens (including phenoxy) is 3. The first kappa shape index (κ1) is 23.4. The molecule has 160 valence electrons. The van der Waals surface area contributed by atoms with Crippen molar-refractivity contribution in [3.63, 3.8) is 0 Å². The number of amides is 1. The second kappa shape index (κ2) is 11.3. The number of esters is 3. The number of nitrogens with one attached hydrogen (secondary N) is 1. The van der Waals surface area contributed by atoms with Gasteiger partial charge in [-0.25, -0.2) is 14.6 Å². The number of carbonyl (C=O) groups is 4. The van der Waals surface area contributed by atoms with Crippen LogP contribution < -0.4 is 5.32 Å². The highest BCUT2D eigenvalue weighted by molar-refractivity contribution is 8.01. The summed E-state index contributed by atoms with van der Waals surface area (Å²) in [7, 11) is 2.43. The van der Waals surface area contributed by atoms with Gasteiger partial charge in [-0.2, -0.15) is 0 Å². The van der Waals surface area contributed by atoms with Crippen LogP contribution in [0.3, 0.4) is 0 Å². The molecule has 0 saturated carbocycles. The standard InChI is InChI=1S/C19H20N2O7S2/c1-4-28-16(23)8-14-9-29-19(21-14)30-10-15(22)20-13-6-11(17(24)26-2)5-12(7-13)18(25)27-3/h5-7,9H,4,8,10H2,1-3H3,(H,20,22). The molecule has 2 rings (SSSR count). The number of thioether (sulfide) groups is 1. The lowest BCUT2D eigenvalue weighted by Gasteiger charge is -2.09. The fourth-order valence-corrected chi connectivity index (χ4v) is 3.94. The van der Waals surface area contributed by atoms with Crippen molar-refractivity contribution in [3.8, 4) is 0 Å². The number of carbonyl (C=O) groups excluding carboxylic acids is 4. The van der Waals surface area contributed by atoms with Crippen molar-refractivity contribution >= 4 is 52.6 Å². The lowest BCUT2D eigenvalue weighted by Crippen LogP contribution is -2.16. The van der Waals surface area contributed by atoms with Crippen LogP contribution in [0, 0.1) is 0 Å². The molecule has 0 atom stereocenters. The molecule has 0 aliphatic heterocycles. The van der Waals surface area contributed by atoms with Crippen molar-refractivity contribution in [2.75, 3.05) is 31.9 Å². The summed E-state index contributed by atoms with van der Waals surface area (Å²) in [4.78, 5) is 51.7. The summed E-state index contributed by atoms with van der Waals surface area (Å²) < 4.78 is 14.8. The van der Waals surface area contributed by atoms with Gasteiger partial charge in [-0.15, -0.1) is 11.3 Å². The van der Waals surface area contributed by atoms with E-state index < -0.39 is 11.9 Å². The van der Waals surface area contributed by atoms with Crippen molar-refractivity contribution in [3.05, 3.63) is 40.4 Å². The van der Waals surface area contributed by atoms with Crippen molar-refractivity contribution in [2.45, 2.75) is 17.7 Å². The van der Waals surface area contributed by atoms with E-state index in [9.17, 15) is 19.2 Å². The van der Waals surface area contributed by atoms with Gasteiger partial charge in [-0.3, -0.25) is 9.59 Å². The molecule has 1 amide bonds. The monoisotopic (exact) mass is 452 g/mol. The maximum Gasteiger partial charge on any atom is 0.337 e.